The molecule has 0 aromatic heterocycles. The topological polar surface area (TPSA) is 52.0 Å². The van der Waals surface area contributed by atoms with E-state index in [2.05, 4.69) is 24.3 Å². The van der Waals surface area contributed by atoms with Crippen LogP contribution in [0.15, 0.2) is 30.3 Å². The van der Waals surface area contributed by atoms with E-state index in [0.717, 1.165) is 17.5 Å². The molecule has 1 unspecified atom stereocenters. The van der Waals surface area contributed by atoms with Crippen molar-refractivity contribution in [3.8, 4) is 0 Å². The lowest BCUT2D eigenvalue weighted by Crippen LogP contribution is -2.07. The molecule has 0 heterocycles. The predicted molar refractivity (Wildman–Crippen MR) is 66.2 cm³/mol. The van der Waals surface area contributed by atoms with Crippen molar-refractivity contribution in [2.75, 3.05) is 5.73 Å². The molecule has 0 fully saturated rings. The van der Waals surface area contributed by atoms with Gasteiger partial charge in [0.15, 0.2) is 0 Å². The number of anilines is 1. The molecule has 0 radical (unpaired) electrons. The summed E-state index contributed by atoms with van der Waals surface area (Å²) < 4.78 is 0. The van der Waals surface area contributed by atoms with Crippen molar-refractivity contribution in [1.29, 1.82) is 0 Å². The fourth-order valence-electron chi connectivity index (χ4n) is 2.36. The van der Waals surface area contributed by atoms with Gasteiger partial charge in [0.05, 0.1) is 0 Å². The molecule has 1 atom stereocenters. The van der Waals surface area contributed by atoms with Crippen molar-refractivity contribution in [2.24, 2.45) is 5.73 Å². The summed E-state index contributed by atoms with van der Waals surface area (Å²) in [6.45, 7) is 0. The highest BCUT2D eigenvalue weighted by Crippen LogP contribution is 2.37. The van der Waals surface area contributed by atoms with Gasteiger partial charge in [0.2, 0.25) is 0 Å². The van der Waals surface area contributed by atoms with Crippen molar-refractivity contribution >= 4 is 28.9 Å². The quantitative estimate of drug-likeness (QED) is 0.670. The minimum absolute atomic E-state index is 0. The first-order valence-corrected chi connectivity index (χ1v) is 4.83. The number of nitrogens with two attached hydrogens (primary N) is 2. The van der Waals surface area contributed by atoms with E-state index < -0.39 is 0 Å². The number of halogens is 1. The second-order valence-corrected chi connectivity index (χ2v) is 3.89. The molecule has 2 aromatic carbocycles. The molecule has 0 saturated heterocycles. The summed E-state index contributed by atoms with van der Waals surface area (Å²) in [7, 11) is 0. The molecule has 15 heavy (non-hydrogen) atoms. The number of hydrogen-bond donors (Lipinski definition) is 2. The van der Waals surface area contributed by atoms with E-state index in [1.165, 1.54) is 16.5 Å². The second kappa shape index (κ2) is 3.40. The van der Waals surface area contributed by atoms with Gasteiger partial charge >= 0.3 is 0 Å². The molecule has 0 bridgehead atoms. The van der Waals surface area contributed by atoms with Gasteiger partial charge in [-0.1, -0.05) is 24.3 Å². The van der Waals surface area contributed by atoms with Gasteiger partial charge < -0.3 is 11.5 Å². The minimum Gasteiger partial charge on any atom is -0.398 e. The Morgan fingerprint density at radius 3 is 2.73 bits per heavy atom. The summed E-state index contributed by atoms with van der Waals surface area (Å²) in [5.74, 6) is 0. The van der Waals surface area contributed by atoms with E-state index in [0.29, 0.717) is 0 Å². The molecular formula is C12H13ClN2. The molecule has 0 spiro atoms. The second-order valence-electron chi connectivity index (χ2n) is 3.89. The molecule has 3 heteroatoms. The summed E-state index contributed by atoms with van der Waals surface area (Å²) in [4.78, 5) is 0. The van der Waals surface area contributed by atoms with Gasteiger partial charge in [0, 0.05) is 17.1 Å². The molecule has 2 nitrogen and oxygen atoms in total. The van der Waals surface area contributed by atoms with E-state index in [1.807, 2.05) is 6.07 Å². The third-order valence-electron chi connectivity index (χ3n) is 3.03. The zero-order valence-corrected chi connectivity index (χ0v) is 9.05. The van der Waals surface area contributed by atoms with Crippen LogP contribution in [0.1, 0.15) is 17.2 Å². The normalized spacial score (nSPS) is 17.8. The summed E-state index contributed by atoms with van der Waals surface area (Å²) >= 11 is 0. The number of rotatable bonds is 0. The summed E-state index contributed by atoms with van der Waals surface area (Å²) in [6.07, 6.45) is 0.941. The van der Waals surface area contributed by atoms with Crippen LogP contribution in [0.4, 0.5) is 5.69 Å². The van der Waals surface area contributed by atoms with Crippen LogP contribution in [0.5, 0.6) is 0 Å². The maximum absolute atomic E-state index is 6.05. The third-order valence-corrected chi connectivity index (χ3v) is 3.03. The van der Waals surface area contributed by atoms with Crippen LogP contribution in [0, 0.1) is 0 Å². The van der Waals surface area contributed by atoms with Crippen LogP contribution in [0.2, 0.25) is 0 Å². The molecule has 3 rings (SSSR count). The molecule has 1 aliphatic carbocycles. The Morgan fingerprint density at radius 2 is 1.93 bits per heavy atom. The first-order valence-electron chi connectivity index (χ1n) is 4.83. The van der Waals surface area contributed by atoms with Crippen LogP contribution in [-0.2, 0) is 6.42 Å². The Kier molecular flexibility index (Phi) is 2.33. The van der Waals surface area contributed by atoms with E-state index in [4.69, 9.17) is 11.5 Å². The van der Waals surface area contributed by atoms with Gasteiger partial charge in [0.25, 0.3) is 0 Å². The van der Waals surface area contributed by atoms with Crippen molar-refractivity contribution in [3.05, 3.63) is 41.5 Å². The highest BCUT2D eigenvalue weighted by atomic mass is 35.5. The third kappa shape index (κ3) is 1.29. The fourth-order valence-corrected chi connectivity index (χ4v) is 2.36. The average Bonchev–Trinajstić information content (AvgIpc) is 2.50. The predicted octanol–water partition coefficient (Wildman–Crippen LogP) is 2.40. The van der Waals surface area contributed by atoms with Gasteiger partial charge in [-0.15, -0.1) is 12.4 Å². The summed E-state index contributed by atoms with van der Waals surface area (Å²) in [5.41, 5.74) is 15.4. The smallest absolute Gasteiger partial charge is 0.0394 e. The van der Waals surface area contributed by atoms with Crippen LogP contribution < -0.4 is 11.5 Å². The van der Waals surface area contributed by atoms with Crippen LogP contribution in [0.3, 0.4) is 0 Å². The molecule has 1 aliphatic rings. The first-order chi connectivity index (χ1) is 6.77. The van der Waals surface area contributed by atoms with Crippen LogP contribution in [0.25, 0.3) is 10.8 Å². The SMILES string of the molecule is Cl.Nc1ccc2c3c(cccc13)CC2N. The Balaban J connectivity index is 0.000000853. The van der Waals surface area contributed by atoms with E-state index in [-0.39, 0.29) is 18.4 Å². The average molecular weight is 221 g/mol. The van der Waals surface area contributed by atoms with Gasteiger partial charge in [-0.3, -0.25) is 0 Å². The molecule has 0 amide bonds. The molecular weight excluding hydrogens is 208 g/mol. The molecule has 0 aliphatic heterocycles. The highest BCUT2D eigenvalue weighted by Gasteiger charge is 2.21. The fraction of sp³-hybridized carbons (Fsp3) is 0.167. The number of benzene rings is 2. The van der Waals surface area contributed by atoms with Crippen molar-refractivity contribution in [2.45, 2.75) is 12.5 Å². The first kappa shape index (κ1) is 10.3. The summed E-state index contributed by atoms with van der Waals surface area (Å²) in [5, 5.41) is 2.42. The van der Waals surface area contributed by atoms with Crippen LogP contribution >= 0.6 is 12.4 Å². The monoisotopic (exact) mass is 220 g/mol. The molecule has 4 N–H and O–H groups in total. The highest BCUT2D eigenvalue weighted by molar-refractivity contribution is 5.99. The molecule has 0 saturated carbocycles. The lowest BCUT2D eigenvalue weighted by atomic mass is 10.0. The Hall–Kier alpha value is -1.25. The summed E-state index contributed by atoms with van der Waals surface area (Å²) in [6, 6.07) is 10.4. The van der Waals surface area contributed by atoms with Crippen molar-refractivity contribution < 1.29 is 0 Å². The van der Waals surface area contributed by atoms with Crippen molar-refractivity contribution in [1.82, 2.24) is 0 Å². The van der Waals surface area contributed by atoms with E-state index >= 15 is 0 Å². The number of nitrogen functional groups attached to an aromatic ring is 1. The van der Waals surface area contributed by atoms with Crippen molar-refractivity contribution in [3.63, 3.8) is 0 Å². The van der Waals surface area contributed by atoms with Gasteiger partial charge in [-0.2, -0.15) is 0 Å². The Morgan fingerprint density at radius 1 is 1.13 bits per heavy atom. The molecule has 2 aromatic rings. The standard InChI is InChI=1S/C12H12N2.ClH/c13-10-5-4-9-11(14)6-7-2-1-3-8(10)12(7)9;/h1-5,11H,6,13-14H2;1H. The lowest BCUT2D eigenvalue weighted by Gasteiger charge is -2.06. The van der Waals surface area contributed by atoms with Crippen LogP contribution in [-0.4, -0.2) is 0 Å². The van der Waals surface area contributed by atoms with Gasteiger partial charge in [0.1, 0.15) is 0 Å². The van der Waals surface area contributed by atoms with E-state index in [9.17, 15) is 0 Å². The largest absolute Gasteiger partial charge is 0.398 e. The number of hydrogen-bond acceptors (Lipinski definition) is 2. The zero-order valence-electron chi connectivity index (χ0n) is 8.23. The van der Waals surface area contributed by atoms with Gasteiger partial charge in [-0.25, -0.2) is 0 Å². The lowest BCUT2D eigenvalue weighted by molar-refractivity contribution is 0.757. The van der Waals surface area contributed by atoms with Gasteiger partial charge in [-0.05, 0) is 29.0 Å². The van der Waals surface area contributed by atoms with E-state index in [1.54, 1.807) is 0 Å². The minimum atomic E-state index is 0. The zero-order chi connectivity index (χ0) is 9.71. The Labute approximate surface area is 94.7 Å². The molecule has 78 valence electrons. The maximum atomic E-state index is 6.05. The maximum Gasteiger partial charge on any atom is 0.0394 e. The Bertz CT molecular complexity index is 522.